The summed E-state index contributed by atoms with van der Waals surface area (Å²) >= 11 is 0. The van der Waals surface area contributed by atoms with Gasteiger partial charge in [-0.05, 0) is 44.4 Å². The molecule has 2 saturated heterocycles. The third-order valence-corrected chi connectivity index (χ3v) is 7.58. The van der Waals surface area contributed by atoms with E-state index < -0.39 is 11.6 Å². The van der Waals surface area contributed by atoms with Crippen molar-refractivity contribution in [3.05, 3.63) is 0 Å². The second-order valence-electron chi connectivity index (χ2n) is 9.11. The summed E-state index contributed by atoms with van der Waals surface area (Å²) in [6, 6.07) is 0.291. The Kier molecular flexibility index (Phi) is 5.63. The van der Waals surface area contributed by atoms with E-state index in [1.165, 1.54) is 25.7 Å². The standard InChI is InChI=1S/C21H34N4O3/c1-2-16-7-9-21(10-8-16)19(27)25(20(28)22-21)15-18(26)24-13-11-23(12-14-24)17-5-3-4-6-17/h16-17H,2-15H2,1H3,(H,22,28). The van der Waals surface area contributed by atoms with Gasteiger partial charge in [0.15, 0.2) is 0 Å². The Morgan fingerprint density at radius 2 is 1.68 bits per heavy atom. The Balaban J connectivity index is 1.31. The van der Waals surface area contributed by atoms with E-state index in [1.54, 1.807) is 0 Å². The Bertz CT molecular complexity index is 615. The molecule has 2 aliphatic heterocycles. The largest absolute Gasteiger partial charge is 0.339 e. The van der Waals surface area contributed by atoms with E-state index >= 15 is 0 Å². The van der Waals surface area contributed by atoms with Crippen LogP contribution in [0, 0.1) is 5.92 Å². The van der Waals surface area contributed by atoms with Crippen molar-refractivity contribution in [1.82, 2.24) is 20.0 Å². The van der Waals surface area contributed by atoms with Crippen LogP contribution in [0.25, 0.3) is 0 Å². The zero-order valence-electron chi connectivity index (χ0n) is 17.1. The third-order valence-electron chi connectivity index (χ3n) is 7.58. The van der Waals surface area contributed by atoms with Crippen LogP contribution in [0.3, 0.4) is 0 Å². The van der Waals surface area contributed by atoms with Crippen LogP contribution >= 0.6 is 0 Å². The van der Waals surface area contributed by atoms with Crippen molar-refractivity contribution >= 4 is 17.8 Å². The molecule has 0 aromatic rings. The summed E-state index contributed by atoms with van der Waals surface area (Å²) in [6.07, 6.45) is 9.62. The fourth-order valence-electron chi connectivity index (χ4n) is 5.58. The van der Waals surface area contributed by atoms with Gasteiger partial charge in [-0.3, -0.25) is 19.4 Å². The predicted molar refractivity (Wildman–Crippen MR) is 106 cm³/mol. The lowest BCUT2D eigenvalue weighted by atomic mass is 9.75. The van der Waals surface area contributed by atoms with Crippen LogP contribution in [0.15, 0.2) is 0 Å². The van der Waals surface area contributed by atoms with Gasteiger partial charge in [0, 0.05) is 32.2 Å². The lowest BCUT2D eigenvalue weighted by Crippen LogP contribution is -2.54. The number of carbonyl (C=O) groups excluding carboxylic acids is 3. The normalized spacial score (nSPS) is 32.4. The summed E-state index contributed by atoms with van der Waals surface area (Å²) in [7, 11) is 0. The average molecular weight is 391 g/mol. The maximum atomic E-state index is 13.0. The maximum absolute atomic E-state index is 13.0. The number of imide groups is 1. The lowest BCUT2D eigenvalue weighted by molar-refractivity contribution is -0.140. The first-order valence-electron chi connectivity index (χ1n) is 11.2. The van der Waals surface area contributed by atoms with E-state index in [9.17, 15) is 14.4 Å². The highest BCUT2D eigenvalue weighted by atomic mass is 16.2. The van der Waals surface area contributed by atoms with Gasteiger partial charge in [-0.15, -0.1) is 0 Å². The topological polar surface area (TPSA) is 73.0 Å². The van der Waals surface area contributed by atoms with E-state index in [-0.39, 0.29) is 18.4 Å². The maximum Gasteiger partial charge on any atom is 0.325 e. The van der Waals surface area contributed by atoms with Crippen LogP contribution in [-0.2, 0) is 9.59 Å². The van der Waals surface area contributed by atoms with Gasteiger partial charge in [-0.1, -0.05) is 26.2 Å². The molecule has 0 atom stereocenters. The van der Waals surface area contributed by atoms with Crippen LogP contribution in [-0.4, -0.2) is 76.8 Å². The molecule has 4 fully saturated rings. The first-order chi connectivity index (χ1) is 13.5. The number of rotatable bonds is 4. The second-order valence-corrected chi connectivity index (χ2v) is 9.11. The fraction of sp³-hybridized carbons (Fsp3) is 0.857. The van der Waals surface area contributed by atoms with E-state index in [1.807, 2.05) is 4.90 Å². The van der Waals surface area contributed by atoms with Crippen molar-refractivity contribution in [2.24, 2.45) is 5.92 Å². The van der Waals surface area contributed by atoms with E-state index in [0.717, 1.165) is 37.3 Å². The van der Waals surface area contributed by atoms with Crippen molar-refractivity contribution in [2.75, 3.05) is 32.7 Å². The molecule has 4 amide bonds. The minimum atomic E-state index is -0.760. The molecule has 28 heavy (non-hydrogen) atoms. The van der Waals surface area contributed by atoms with Gasteiger partial charge in [-0.25, -0.2) is 4.79 Å². The van der Waals surface area contributed by atoms with Crippen molar-refractivity contribution in [3.63, 3.8) is 0 Å². The Morgan fingerprint density at radius 1 is 1.04 bits per heavy atom. The monoisotopic (exact) mass is 390 g/mol. The summed E-state index contributed by atoms with van der Waals surface area (Å²) in [5.41, 5.74) is -0.760. The zero-order valence-corrected chi connectivity index (χ0v) is 17.1. The molecule has 2 heterocycles. The van der Waals surface area contributed by atoms with Gasteiger partial charge in [0.05, 0.1) is 0 Å². The number of piperazine rings is 1. The molecule has 7 nitrogen and oxygen atoms in total. The number of nitrogens with zero attached hydrogens (tertiary/aromatic N) is 3. The molecule has 0 radical (unpaired) electrons. The summed E-state index contributed by atoms with van der Waals surface area (Å²) in [5.74, 6) is 0.348. The highest BCUT2D eigenvalue weighted by Crippen LogP contribution is 2.37. The number of carbonyl (C=O) groups is 3. The van der Waals surface area contributed by atoms with Crippen LogP contribution in [0.5, 0.6) is 0 Å². The van der Waals surface area contributed by atoms with Gasteiger partial charge >= 0.3 is 6.03 Å². The highest BCUT2D eigenvalue weighted by Gasteiger charge is 2.52. The van der Waals surface area contributed by atoms with Crippen molar-refractivity contribution < 1.29 is 14.4 Å². The minimum absolute atomic E-state index is 0.103. The summed E-state index contributed by atoms with van der Waals surface area (Å²) in [4.78, 5) is 43.7. The number of hydrogen-bond donors (Lipinski definition) is 1. The van der Waals surface area contributed by atoms with Crippen LogP contribution in [0.2, 0.25) is 0 Å². The molecule has 0 bridgehead atoms. The molecule has 0 aromatic heterocycles. The number of hydrogen-bond acceptors (Lipinski definition) is 4. The van der Waals surface area contributed by atoms with E-state index in [2.05, 4.69) is 17.1 Å². The van der Waals surface area contributed by atoms with Crippen LogP contribution in [0.4, 0.5) is 4.79 Å². The van der Waals surface area contributed by atoms with E-state index in [0.29, 0.717) is 37.9 Å². The average Bonchev–Trinajstić information content (AvgIpc) is 3.33. The van der Waals surface area contributed by atoms with Gasteiger partial charge in [0.2, 0.25) is 5.91 Å². The van der Waals surface area contributed by atoms with Crippen molar-refractivity contribution in [3.8, 4) is 0 Å². The SMILES string of the molecule is CCC1CCC2(CC1)NC(=O)N(CC(=O)N1CCN(C3CCCC3)CC1)C2=O. The van der Waals surface area contributed by atoms with Crippen molar-refractivity contribution in [2.45, 2.75) is 76.3 Å². The summed E-state index contributed by atoms with van der Waals surface area (Å²) in [6.45, 7) is 5.25. The second kappa shape index (κ2) is 8.01. The van der Waals surface area contributed by atoms with E-state index in [4.69, 9.17) is 0 Å². The molecule has 2 aliphatic carbocycles. The fourth-order valence-corrected chi connectivity index (χ4v) is 5.58. The van der Waals surface area contributed by atoms with Gasteiger partial charge in [-0.2, -0.15) is 0 Å². The summed E-state index contributed by atoms with van der Waals surface area (Å²) in [5, 5.41) is 2.92. The Labute approximate surface area is 167 Å². The number of amides is 4. The lowest BCUT2D eigenvalue weighted by Gasteiger charge is -2.38. The molecular formula is C21H34N4O3. The zero-order chi connectivity index (χ0) is 19.7. The predicted octanol–water partition coefficient (Wildman–Crippen LogP) is 1.96. The number of urea groups is 1. The van der Waals surface area contributed by atoms with Gasteiger partial charge in [0.1, 0.15) is 12.1 Å². The number of nitrogens with one attached hydrogen (secondary N) is 1. The van der Waals surface area contributed by atoms with Crippen LogP contribution in [0.1, 0.15) is 64.7 Å². The minimum Gasteiger partial charge on any atom is -0.339 e. The smallest absolute Gasteiger partial charge is 0.325 e. The molecule has 4 rings (SSSR count). The van der Waals surface area contributed by atoms with Crippen LogP contribution < -0.4 is 5.32 Å². The molecule has 2 saturated carbocycles. The first kappa shape index (κ1) is 19.7. The summed E-state index contributed by atoms with van der Waals surface area (Å²) < 4.78 is 0. The molecule has 1 spiro atoms. The molecule has 0 aromatic carbocycles. The Morgan fingerprint density at radius 3 is 2.29 bits per heavy atom. The highest BCUT2D eigenvalue weighted by molar-refractivity contribution is 6.09. The van der Waals surface area contributed by atoms with Gasteiger partial charge < -0.3 is 10.2 Å². The van der Waals surface area contributed by atoms with Gasteiger partial charge in [0.25, 0.3) is 5.91 Å². The molecule has 1 N–H and O–H groups in total. The third kappa shape index (κ3) is 3.65. The Hall–Kier alpha value is -1.63. The first-order valence-corrected chi connectivity index (χ1v) is 11.2. The molecule has 156 valence electrons. The quantitative estimate of drug-likeness (QED) is 0.745. The molecule has 4 aliphatic rings. The molecular weight excluding hydrogens is 356 g/mol. The van der Waals surface area contributed by atoms with Crippen molar-refractivity contribution in [1.29, 1.82) is 0 Å². The molecule has 7 heteroatoms. The molecule has 0 unspecified atom stereocenters.